The second-order valence-corrected chi connectivity index (χ2v) is 2.62. The number of hydrogen-bond donors (Lipinski definition) is 0. The Morgan fingerprint density at radius 1 is 1.38 bits per heavy atom. The van der Waals surface area contributed by atoms with Gasteiger partial charge in [0.2, 0.25) is 5.88 Å². The number of nitrogens with zero attached hydrogens (tertiary/aromatic N) is 3. The first-order valence-corrected chi connectivity index (χ1v) is 3.92. The van der Waals surface area contributed by atoms with Gasteiger partial charge in [-0.3, -0.25) is 4.68 Å². The Morgan fingerprint density at radius 2 is 2.31 bits per heavy atom. The van der Waals surface area contributed by atoms with Gasteiger partial charge in [0.05, 0.1) is 12.4 Å². The molecule has 13 heavy (non-hydrogen) atoms. The Labute approximate surface area is 75.8 Å². The van der Waals surface area contributed by atoms with Crippen LogP contribution in [0.2, 0.25) is 0 Å². The fourth-order valence-corrected chi connectivity index (χ4v) is 0.980. The SMILES string of the molecule is Cn1cc(Oc2ccccn2)cn1. The monoisotopic (exact) mass is 175 g/mol. The van der Waals surface area contributed by atoms with Crippen molar-refractivity contribution in [1.29, 1.82) is 0 Å². The molecule has 2 aromatic rings. The molecule has 0 aliphatic carbocycles. The number of rotatable bonds is 2. The van der Waals surface area contributed by atoms with E-state index in [2.05, 4.69) is 10.1 Å². The van der Waals surface area contributed by atoms with Crippen molar-refractivity contribution in [2.45, 2.75) is 0 Å². The maximum Gasteiger partial charge on any atom is 0.219 e. The molecule has 0 bridgehead atoms. The van der Waals surface area contributed by atoms with Crippen LogP contribution in [0.15, 0.2) is 36.8 Å². The van der Waals surface area contributed by atoms with Crippen molar-refractivity contribution in [3.63, 3.8) is 0 Å². The zero-order chi connectivity index (χ0) is 9.10. The molecule has 0 unspecified atom stereocenters. The smallest absolute Gasteiger partial charge is 0.219 e. The van der Waals surface area contributed by atoms with Crippen LogP contribution in [0.5, 0.6) is 11.6 Å². The standard InChI is InChI=1S/C9H9N3O/c1-12-7-8(6-11-12)13-9-4-2-3-5-10-9/h2-7H,1H3. The van der Waals surface area contributed by atoms with E-state index >= 15 is 0 Å². The summed E-state index contributed by atoms with van der Waals surface area (Å²) >= 11 is 0. The first-order chi connectivity index (χ1) is 6.34. The van der Waals surface area contributed by atoms with Gasteiger partial charge >= 0.3 is 0 Å². The van der Waals surface area contributed by atoms with Gasteiger partial charge in [0.1, 0.15) is 0 Å². The third-order valence-electron chi connectivity index (χ3n) is 1.54. The van der Waals surface area contributed by atoms with E-state index in [0.29, 0.717) is 11.6 Å². The van der Waals surface area contributed by atoms with Crippen LogP contribution >= 0.6 is 0 Å². The summed E-state index contributed by atoms with van der Waals surface area (Å²) in [5.74, 6) is 1.27. The van der Waals surface area contributed by atoms with Crippen molar-refractivity contribution in [3.05, 3.63) is 36.8 Å². The second-order valence-electron chi connectivity index (χ2n) is 2.62. The normalized spacial score (nSPS) is 9.92. The predicted octanol–water partition coefficient (Wildman–Crippen LogP) is 1.61. The molecule has 0 aromatic carbocycles. The summed E-state index contributed by atoms with van der Waals surface area (Å²) < 4.78 is 7.08. The maximum atomic E-state index is 5.40. The highest BCUT2D eigenvalue weighted by Gasteiger charge is 1.98. The molecule has 0 atom stereocenters. The molecule has 2 rings (SSSR count). The number of pyridine rings is 1. The highest BCUT2D eigenvalue weighted by atomic mass is 16.5. The van der Waals surface area contributed by atoms with Gasteiger partial charge in [0, 0.05) is 19.3 Å². The summed E-state index contributed by atoms with van der Waals surface area (Å²) in [4.78, 5) is 4.02. The topological polar surface area (TPSA) is 39.9 Å². The van der Waals surface area contributed by atoms with E-state index in [4.69, 9.17) is 4.74 Å². The van der Waals surface area contributed by atoms with Crippen molar-refractivity contribution >= 4 is 0 Å². The summed E-state index contributed by atoms with van der Waals surface area (Å²) in [5, 5.41) is 3.98. The average molecular weight is 175 g/mol. The van der Waals surface area contributed by atoms with E-state index in [0.717, 1.165) is 0 Å². The Morgan fingerprint density at radius 3 is 2.92 bits per heavy atom. The van der Waals surface area contributed by atoms with Gasteiger partial charge in [-0.2, -0.15) is 5.10 Å². The third-order valence-corrected chi connectivity index (χ3v) is 1.54. The first-order valence-electron chi connectivity index (χ1n) is 3.92. The highest BCUT2D eigenvalue weighted by Crippen LogP contribution is 2.16. The molecule has 0 fully saturated rings. The van der Waals surface area contributed by atoms with Crippen molar-refractivity contribution < 1.29 is 4.74 Å². The Balaban J connectivity index is 2.15. The number of aromatic nitrogens is 3. The zero-order valence-electron chi connectivity index (χ0n) is 7.21. The van der Waals surface area contributed by atoms with Gasteiger partial charge in [0.25, 0.3) is 0 Å². The molecule has 0 saturated heterocycles. The lowest BCUT2D eigenvalue weighted by Gasteiger charge is -1.98. The average Bonchev–Trinajstić information content (AvgIpc) is 2.53. The highest BCUT2D eigenvalue weighted by molar-refractivity contribution is 5.20. The van der Waals surface area contributed by atoms with E-state index in [1.54, 1.807) is 29.3 Å². The van der Waals surface area contributed by atoms with Gasteiger partial charge in [-0.15, -0.1) is 0 Å². The van der Waals surface area contributed by atoms with Crippen molar-refractivity contribution in [3.8, 4) is 11.6 Å². The Kier molecular flexibility index (Phi) is 1.96. The lowest BCUT2D eigenvalue weighted by Crippen LogP contribution is -1.86. The number of ether oxygens (including phenoxy) is 1. The first kappa shape index (κ1) is 7.79. The van der Waals surface area contributed by atoms with Crippen LogP contribution < -0.4 is 4.74 Å². The lowest BCUT2D eigenvalue weighted by atomic mass is 10.5. The summed E-state index contributed by atoms with van der Waals surface area (Å²) in [6, 6.07) is 5.52. The van der Waals surface area contributed by atoms with E-state index in [-0.39, 0.29) is 0 Å². The molecule has 0 radical (unpaired) electrons. The van der Waals surface area contributed by atoms with Crippen molar-refractivity contribution in [1.82, 2.24) is 14.8 Å². The predicted molar refractivity (Wildman–Crippen MR) is 47.5 cm³/mol. The number of hydrogen-bond acceptors (Lipinski definition) is 3. The molecule has 0 N–H and O–H groups in total. The molecule has 0 amide bonds. The molecule has 2 heterocycles. The fourth-order valence-electron chi connectivity index (χ4n) is 0.980. The van der Waals surface area contributed by atoms with Crippen molar-refractivity contribution in [2.24, 2.45) is 7.05 Å². The van der Waals surface area contributed by atoms with E-state index in [1.807, 2.05) is 19.2 Å². The molecule has 2 aromatic heterocycles. The van der Waals surface area contributed by atoms with Crippen molar-refractivity contribution in [2.75, 3.05) is 0 Å². The van der Waals surface area contributed by atoms with Gasteiger partial charge in [-0.05, 0) is 6.07 Å². The Bertz CT molecular complexity index is 383. The quantitative estimate of drug-likeness (QED) is 0.696. The van der Waals surface area contributed by atoms with Crippen LogP contribution in [0.3, 0.4) is 0 Å². The second kappa shape index (κ2) is 3.26. The third kappa shape index (κ3) is 1.84. The number of aryl methyl sites for hydroxylation is 1. The molecule has 4 nitrogen and oxygen atoms in total. The van der Waals surface area contributed by atoms with Crippen LogP contribution in [0.25, 0.3) is 0 Å². The maximum absolute atomic E-state index is 5.40. The summed E-state index contributed by atoms with van der Waals surface area (Å²) in [6.45, 7) is 0. The van der Waals surface area contributed by atoms with Crippen LogP contribution in [0.4, 0.5) is 0 Å². The zero-order valence-corrected chi connectivity index (χ0v) is 7.21. The summed E-state index contributed by atoms with van der Waals surface area (Å²) in [7, 11) is 1.84. The van der Waals surface area contributed by atoms with E-state index in [9.17, 15) is 0 Å². The molecule has 0 aliphatic rings. The van der Waals surface area contributed by atoms with E-state index < -0.39 is 0 Å². The van der Waals surface area contributed by atoms with Crippen LogP contribution in [0, 0.1) is 0 Å². The van der Waals surface area contributed by atoms with Gasteiger partial charge in [0.15, 0.2) is 5.75 Å². The Hall–Kier alpha value is -1.84. The minimum Gasteiger partial charge on any atom is -0.436 e. The molecular formula is C9H9N3O. The van der Waals surface area contributed by atoms with Gasteiger partial charge in [-0.1, -0.05) is 6.07 Å². The lowest BCUT2D eigenvalue weighted by molar-refractivity contribution is 0.462. The van der Waals surface area contributed by atoms with Gasteiger partial charge in [-0.25, -0.2) is 4.98 Å². The fraction of sp³-hybridized carbons (Fsp3) is 0.111. The van der Waals surface area contributed by atoms with E-state index in [1.165, 1.54) is 0 Å². The molecule has 0 spiro atoms. The summed E-state index contributed by atoms with van der Waals surface area (Å²) in [5.41, 5.74) is 0. The summed E-state index contributed by atoms with van der Waals surface area (Å²) in [6.07, 6.45) is 5.12. The molecule has 66 valence electrons. The minimum atomic E-state index is 0.579. The minimum absolute atomic E-state index is 0.579. The van der Waals surface area contributed by atoms with Crippen LogP contribution in [-0.4, -0.2) is 14.8 Å². The van der Waals surface area contributed by atoms with Gasteiger partial charge < -0.3 is 4.74 Å². The molecule has 0 saturated carbocycles. The largest absolute Gasteiger partial charge is 0.436 e. The molecule has 4 heteroatoms. The molecule has 0 aliphatic heterocycles. The van der Waals surface area contributed by atoms with Crippen LogP contribution in [-0.2, 0) is 7.05 Å². The molecular weight excluding hydrogens is 166 g/mol. The van der Waals surface area contributed by atoms with Crippen LogP contribution in [0.1, 0.15) is 0 Å².